The normalized spacial score (nSPS) is 24.9. The number of likely N-dealkylation sites (tertiary alicyclic amines) is 1. The lowest BCUT2D eigenvalue weighted by molar-refractivity contribution is 0.105. The molecule has 0 bridgehead atoms. The van der Waals surface area contributed by atoms with Crippen LogP contribution in [0.1, 0.15) is 31.9 Å². The van der Waals surface area contributed by atoms with Gasteiger partial charge >= 0.3 is 0 Å². The molecule has 1 saturated heterocycles. The van der Waals surface area contributed by atoms with Crippen molar-refractivity contribution in [2.24, 2.45) is 5.92 Å². The Bertz CT molecular complexity index is 483. The van der Waals surface area contributed by atoms with Crippen LogP contribution in [0.2, 0.25) is 0 Å². The van der Waals surface area contributed by atoms with E-state index in [1.165, 1.54) is 0 Å². The maximum atomic E-state index is 14.2. The van der Waals surface area contributed by atoms with Crippen LogP contribution in [0.25, 0.3) is 0 Å². The highest BCUT2D eigenvalue weighted by Gasteiger charge is 2.29. The highest BCUT2D eigenvalue weighted by molar-refractivity contribution is 5.12. The number of alkyl halides is 1. The van der Waals surface area contributed by atoms with Gasteiger partial charge in [0.2, 0.25) is 0 Å². The number of hydrogen-bond donors (Lipinski definition) is 0. The van der Waals surface area contributed by atoms with Crippen molar-refractivity contribution in [1.82, 2.24) is 9.47 Å². The SMILES string of the molecule is CC(C)Cc1cccn([C@@H]2CCN(C)C[C@@H]2F)c1=O. The standard InChI is InChI=1S/C15H23FN2O/c1-11(2)9-12-5-4-7-18(15(12)19)14-6-8-17(3)10-13(14)16/h4-5,7,11,13-14H,6,8-10H2,1-3H3/t13-,14+/m0/s1. The molecule has 19 heavy (non-hydrogen) atoms. The second kappa shape index (κ2) is 5.87. The molecular weight excluding hydrogens is 243 g/mol. The molecule has 0 spiro atoms. The topological polar surface area (TPSA) is 25.2 Å². The van der Waals surface area contributed by atoms with Gasteiger partial charge in [0.1, 0.15) is 6.17 Å². The first kappa shape index (κ1) is 14.3. The molecule has 0 saturated carbocycles. The average Bonchev–Trinajstić information content (AvgIpc) is 2.32. The molecule has 1 aliphatic rings. The Morgan fingerprint density at radius 2 is 2.21 bits per heavy atom. The average molecular weight is 266 g/mol. The van der Waals surface area contributed by atoms with Gasteiger partial charge in [0, 0.05) is 24.8 Å². The molecule has 1 aromatic heterocycles. The minimum Gasteiger partial charge on any atom is -0.309 e. The molecule has 106 valence electrons. The monoisotopic (exact) mass is 266 g/mol. The zero-order chi connectivity index (χ0) is 14.0. The molecule has 0 unspecified atom stereocenters. The molecule has 1 aromatic rings. The van der Waals surface area contributed by atoms with Crippen LogP contribution in [-0.2, 0) is 6.42 Å². The van der Waals surface area contributed by atoms with Crippen LogP contribution in [0.3, 0.4) is 0 Å². The summed E-state index contributed by atoms with van der Waals surface area (Å²) in [5.41, 5.74) is 0.775. The first-order valence-corrected chi connectivity index (χ1v) is 7.01. The van der Waals surface area contributed by atoms with E-state index in [-0.39, 0.29) is 11.6 Å². The molecule has 2 rings (SSSR count). The van der Waals surface area contributed by atoms with Crippen LogP contribution in [0.5, 0.6) is 0 Å². The fourth-order valence-corrected chi connectivity index (χ4v) is 2.77. The maximum absolute atomic E-state index is 14.2. The third-order valence-electron chi connectivity index (χ3n) is 3.75. The van der Waals surface area contributed by atoms with Crippen molar-refractivity contribution >= 4 is 0 Å². The lowest BCUT2D eigenvalue weighted by Gasteiger charge is -2.33. The Morgan fingerprint density at radius 3 is 2.84 bits per heavy atom. The van der Waals surface area contributed by atoms with Crippen LogP contribution in [-0.4, -0.2) is 35.8 Å². The lowest BCUT2D eigenvalue weighted by atomic mass is 10.0. The van der Waals surface area contributed by atoms with Crippen LogP contribution in [0.4, 0.5) is 4.39 Å². The molecule has 0 radical (unpaired) electrons. The van der Waals surface area contributed by atoms with Gasteiger partial charge in [-0.05, 0) is 31.9 Å². The van der Waals surface area contributed by atoms with Gasteiger partial charge in [-0.3, -0.25) is 4.79 Å². The Labute approximate surface area is 114 Å². The van der Waals surface area contributed by atoms with Gasteiger partial charge in [0.25, 0.3) is 5.56 Å². The molecule has 0 N–H and O–H groups in total. The van der Waals surface area contributed by atoms with Gasteiger partial charge in [-0.15, -0.1) is 0 Å². The second-order valence-corrected chi connectivity index (χ2v) is 5.98. The van der Waals surface area contributed by atoms with Gasteiger partial charge < -0.3 is 9.47 Å². The third-order valence-corrected chi connectivity index (χ3v) is 3.75. The van der Waals surface area contributed by atoms with E-state index in [0.29, 0.717) is 18.9 Å². The Morgan fingerprint density at radius 1 is 1.47 bits per heavy atom. The smallest absolute Gasteiger partial charge is 0.254 e. The summed E-state index contributed by atoms with van der Waals surface area (Å²) in [4.78, 5) is 14.4. The van der Waals surface area contributed by atoms with Crippen LogP contribution >= 0.6 is 0 Å². The van der Waals surface area contributed by atoms with E-state index in [0.717, 1.165) is 18.5 Å². The summed E-state index contributed by atoms with van der Waals surface area (Å²) >= 11 is 0. The minimum atomic E-state index is -0.967. The first-order chi connectivity index (χ1) is 8.99. The van der Waals surface area contributed by atoms with Gasteiger partial charge in [-0.2, -0.15) is 0 Å². The van der Waals surface area contributed by atoms with Gasteiger partial charge in [-0.1, -0.05) is 19.9 Å². The van der Waals surface area contributed by atoms with Crippen LogP contribution in [0.15, 0.2) is 23.1 Å². The maximum Gasteiger partial charge on any atom is 0.254 e. The number of nitrogens with zero attached hydrogens (tertiary/aromatic N) is 2. The van der Waals surface area contributed by atoms with Crippen molar-refractivity contribution in [2.45, 2.75) is 38.9 Å². The van der Waals surface area contributed by atoms with Crippen molar-refractivity contribution in [3.63, 3.8) is 0 Å². The fourth-order valence-electron chi connectivity index (χ4n) is 2.77. The molecule has 1 fully saturated rings. The summed E-state index contributed by atoms with van der Waals surface area (Å²) in [7, 11) is 1.92. The van der Waals surface area contributed by atoms with Crippen molar-refractivity contribution in [3.05, 3.63) is 34.2 Å². The summed E-state index contributed by atoms with van der Waals surface area (Å²) in [5.74, 6) is 0.433. The van der Waals surface area contributed by atoms with Gasteiger partial charge in [0.15, 0.2) is 0 Å². The van der Waals surface area contributed by atoms with E-state index in [4.69, 9.17) is 0 Å². The van der Waals surface area contributed by atoms with E-state index >= 15 is 0 Å². The third kappa shape index (κ3) is 3.24. The van der Waals surface area contributed by atoms with E-state index in [1.54, 1.807) is 10.8 Å². The number of hydrogen-bond acceptors (Lipinski definition) is 2. The summed E-state index contributed by atoms with van der Waals surface area (Å²) in [6, 6.07) is 3.42. The van der Waals surface area contributed by atoms with E-state index < -0.39 is 6.17 Å². The predicted molar refractivity (Wildman–Crippen MR) is 75.3 cm³/mol. The van der Waals surface area contributed by atoms with Crippen LogP contribution < -0.4 is 5.56 Å². The van der Waals surface area contributed by atoms with E-state index in [1.807, 2.05) is 24.1 Å². The number of rotatable bonds is 3. The van der Waals surface area contributed by atoms with Gasteiger partial charge in [0.05, 0.1) is 6.04 Å². The molecule has 3 nitrogen and oxygen atoms in total. The predicted octanol–water partition coefficient (Wildman–Crippen LogP) is 2.26. The van der Waals surface area contributed by atoms with E-state index in [2.05, 4.69) is 13.8 Å². The van der Waals surface area contributed by atoms with Crippen molar-refractivity contribution in [1.29, 1.82) is 0 Å². The minimum absolute atomic E-state index is 0.0200. The fraction of sp³-hybridized carbons (Fsp3) is 0.667. The largest absolute Gasteiger partial charge is 0.309 e. The summed E-state index contributed by atoms with van der Waals surface area (Å²) < 4.78 is 15.8. The molecular formula is C15H23FN2O. The molecule has 2 heterocycles. The number of aromatic nitrogens is 1. The summed E-state index contributed by atoms with van der Waals surface area (Å²) in [6.07, 6.45) is 2.21. The van der Waals surface area contributed by atoms with E-state index in [9.17, 15) is 9.18 Å². The molecule has 0 amide bonds. The second-order valence-electron chi connectivity index (χ2n) is 5.98. The zero-order valence-corrected chi connectivity index (χ0v) is 12.0. The Kier molecular flexibility index (Phi) is 4.40. The zero-order valence-electron chi connectivity index (χ0n) is 12.0. The molecule has 1 aliphatic heterocycles. The highest BCUT2D eigenvalue weighted by Crippen LogP contribution is 2.23. The number of piperidine rings is 1. The molecule has 2 atom stereocenters. The Hall–Kier alpha value is -1.16. The highest BCUT2D eigenvalue weighted by atomic mass is 19.1. The quantitative estimate of drug-likeness (QED) is 0.838. The van der Waals surface area contributed by atoms with Crippen LogP contribution in [0, 0.1) is 5.92 Å². The molecule has 0 aliphatic carbocycles. The van der Waals surface area contributed by atoms with Crippen molar-refractivity contribution in [3.8, 4) is 0 Å². The summed E-state index contributed by atoms with van der Waals surface area (Å²) in [5, 5.41) is 0. The Balaban J connectivity index is 2.27. The van der Waals surface area contributed by atoms with Crippen molar-refractivity contribution in [2.75, 3.05) is 20.1 Å². The number of halogens is 1. The lowest BCUT2D eigenvalue weighted by Crippen LogP contribution is -2.43. The first-order valence-electron chi connectivity index (χ1n) is 7.01. The van der Waals surface area contributed by atoms with Crippen molar-refractivity contribution < 1.29 is 4.39 Å². The summed E-state index contributed by atoms with van der Waals surface area (Å²) in [6.45, 7) is 5.42. The number of pyridine rings is 1. The molecule has 4 heteroatoms. The molecule has 0 aromatic carbocycles. The van der Waals surface area contributed by atoms with Gasteiger partial charge in [-0.25, -0.2) is 4.39 Å².